The molecule has 19 heavy (non-hydrogen) atoms. The molecule has 0 fully saturated rings. The molecule has 3 N–H and O–H groups in total. The van der Waals surface area contributed by atoms with Gasteiger partial charge in [-0.3, -0.25) is 0 Å². The molecule has 0 amide bonds. The summed E-state index contributed by atoms with van der Waals surface area (Å²) in [4.78, 5) is 10.3. The molecule has 0 radical (unpaired) electrons. The van der Waals surface area contributed by atoms with Gasteiger partial charge in [0.25, 0.3) is 0 Å². The number of hydrogen-bond donors (Lipinski definition) is 3. The topological polar surface area (TPSA) is 113 Å². The highest BCUT2D eigenvalue weighted by atomic mass is 32.2. The first-order valence-electron chi connectivity index (χ1n) is 5.43. The average molecular weight is 289 g/mol. The van der Waals surface area contributed by atoms with Crippen LogP contribution in [0, 0.1) is 0 Å². The Hall–Kier alpha value is -1.64. The van der Waals surface area contributed by atoms with Crippen LogP contribution in [0.15, 0.2) is 29.2 Å². The number of aliphatic carboxylic acids is 1. The molecule has 8 heteroatoms. The zero-order valence-electron chi connectivity index (χ0n) is 10.2. The van der Waals surface area contributed by atoms with Gasteiger partial charge in [0.05, 0.1) is 11.5 Å². The van der Waals surface area contributed by atoms with Crippen molar-refractivity contribution >= 4 is 16.0 Å². The first-order chi connectivity index (χ1) is 8.85. The van der Waals surface area contributed by atoms with E-state index in [1.807, 2.05) is 0 Å². The number of nitrogens with one attached hydrogen (secondary N) is 1. The monoisotopic (exact) mass is 289 g/mol. The smallest absolute Gasteiger partial charge is 0.341 e. The van der Waals surface area contributed by atoms with Crippen molar-refractivity contribution in [1.82, 2.24) is 4.72 Å². The van der Waals surface area contributed by atoms with Crippen molar-refractivity contribution in [3.05, 3.63) is 24.3 Å². The molecule has 1 aromatic carbocycles. The zero-order valence-corrected chi connectivity index (χ0v) is 11.1. The lowest BCUT2D eigenvalue weighted by molar-refractivity contribution is -0.139. The van der Waals surface area contributed by atoms with E-state index < -0.39 is 28.6 Å². The van der Waals surface area contributed by atoms with E-state index in [0.717, 1.165) is 0 Å². The number of carboxylic acid groups (broad SMARTS) is 1. The molecule has 0 aliphatic carbocycles. The minimum Gasteiger partial charge on any atom is -0.482 e. The fourth-order valence-corrected chi connectivity index (χ4v) is 2.46. The van der Waals surface area contributed by atoms with Crippen LogP contribution in [0.2, 0.25) is 0 Å². The molecular formula is C11H15NO6S. The maximum Gasteiger partial charge on any atom is 0.341 e. The molecule has 0 heterocycles. The van der Waals surface area contributed by atoms with Crippen molar-refractivity contribution in [2.24, 2.45) is 0 Å². The van der Waals surface area contributed by atoms with E-state index >= 15 is 0 Å². The Balaban J connectivity index is 2.77. The molecule has 1 rings (SSSR count). The lowest BCUT2D eigenvalue weighted by atomic mass is 10.3. The molecule has 0 bridgehead atoms. The molecule has 106 valence electrons. The molecular weight excluding hydrogens is 274 g/mol. The van der Waals surface area contributed by atoms with Crippen LogP contribution in [0.4, 0.5) is 0 Å². The fourth-order valence-electron chi connectivity index (χ4n) is 1.23. The van der Waals surface area contributed by atoms with Gasteiger partial charge in [-0.1, -0.05) is 0 Å². The Morgan fingerprint density at radius 1 is 1.37 bits per heavy atom. The highest BCUT2D eigenvalue weighted by Crippen LogP contribution is 2.16. The van der Waals surface area contributed by atoms with Crippen LogP contribution in [-0.2, 0) is 14.8 Å². The van der Waals surface area contributed by atoms with Gasteiger partial charge in [0, 0.05) is 6.04 Å². The van der Waals surface area contributed by atoms with Crippen molar-refractivity contribution in [2.75, 3.05) is 13.2 Å². The normalized spacial score (nSPS) is 12.9. The van der Waals surface area contributed by atoms with Crippen molar-refractivity contribution in [2.45, 2.75) is 17.9 Å². The number of carboxylic acids is 1. The molecule has 0 aromatic heterocycles. The minimum atomic E-state index is -3.70. The second-order valence-corrected chi connectivity index (χ2v) is 5.57. The number of ether oxygens (including phenoxy) is 1. The lowest BCUT2D eigenvalue weighted by Crippen LogP contribution is -2.34. The average Bonchev–Trinajstić information content (AvgIpc) is 2.36. The summed E-state index contributed by atoms with van der Waals surface area (Å²) in [6.07, 6.45) is 0. The Morgan fingerprint density at radius 3 is 2.42 bits per heavy atom. The molecule has 0 aliphatic heterocycles. The van der Waals surface area contributed by atoms with E-state index in [4.69, 9.17) is 14.9 Å². The highest BCUT2D eigenvalue weighted by Gasteiger charge is 2.16. The van der Waals surface area contributed by atoms with Gasteiger partial charge in [0.1, 0.15) is 5.75 Å². The minimum absolute atomic E-state index is 0.00970. The van der Waals surface area contributed by atoms with Crippen LogP contribution in [0.5, 0.6) is 5.75 Å². The van der Waals surface area contributed by atoms with Crippen LogP contribution in [0.1, 0.15) is 6.92 Å². The molecule has 0 aliphatic rings. The molecule has 0 spiro atoms. The van der Waals surface area contributed by atoms with Crippen molar-refractivity contribution in [1.29, 1.82) is 0 Å². The SMILES string of the molecule is CC(CO)NS(=O)(=O)c1ccc(OCC(=O)O)cc1. The number of hydrogen-bond acceptors (Lipinski definition) is 5. The van der Waals surface area contributed by atoms with Crippen molar-refractivity contribution in [3.63, 3.8) is 0 Å². The third-order valence-corrected chi connectivity index (χ3v) is 3.73. The van der Waals surface area contributed by atoms with Crippen LogP contribution >= 0.6 is 0 Å². The Kier molecular flexibility index (Phi) is 5.28. The molecule has 0 saturated carbocycles. The Bertz CT molecular complexity index is 525. The van der Waals surface area contributed by atoms with E-state index in [9.17, 15) is 13.2 Å². The van der Waals surface area contributed by atoms with Gasteiger partial charge < -0.3 is 14.9 Å². The maximum atomic E-state index is 11.8. The highest BCUT2D eigenvalue weighted by molar-refractivity contribution is 7.89. The maximum absolute atomic E-state index is 11.8. The number of aliphatic hydroxyl groups excluding tert-OH is 1. The third-order valence-electron chi connectivity index (χ3n) is 2.13. The lowest BCUT2D eigenvalue weighted by Gasteiger charge is -2.11. The fraction of sp³-hybridized carbons (Fsp3) is 0.364. The summed E-state index contributed by atoms with van der Waals surface area (Å²) in [7, 11) is -3.70. The van der Waals surface area contributed by atoms with E-state index in [1.54, 1.807) is 0 Å². The second kappa shape index (κ2) is 6.50. The Morgan fingerprint density at radius 2 is 1.95 bits per heavy atom. The van der Waals surface area contributed by atoms with Gasteiger partial charge in [-0.25, -0.2) is 17.9 Å². The van der Waals surface area contributed by atoms with Gasteiger partial charge in [-0.15, -0.1) is 0 Å². The van der Waals surface area contributed by atoms with E-state index in [0.29, 0.717) is 0 Å². The number of sulfonamides is 1. The van der Waals surface area contributed by atoms with Crippen LogP contribution in [0.25, 0.3) is 0 Å². The standard InChI is InChI=1S/C11H15NO6S/c1-8(6-13)12-19(16,17)10-4-2-9(3-5-10)18-7-11(14)15/h2-5,8,12-13H,6-7H2,1H3,(H,14,15). The number of rotatable bonds is 7. The molecule has 0 saturated heterocycles. The quantitative estimate of drug-likeness (QED) is 0.641. The van der Waals surface area contributed by atoms with E-state index in [2.05, 4.69) is 4.72 Å². The summed E-state index contributed by atoms with van der Waals surface area (Å²) in [6, 6.07) is 4.73. The first-order valence-corrected chi connectivity index (χ1v) is 6.91. The first kappa shape index (κ1) is 15.4. The summed E-state index contributed by atoms with van der Waals surface area (Å²) in [5.74, 6) is -0.855. The van der Waals surface area contributed by atoms with Gasteiger partial charge >= 0.3 is 5.97 Å². The number of aliphatic hydroxyl groups is 1. The molecule has 1 atom stereocenters. The summed E-state index contributed by atoms with van der Waals surface area (Å²) in [6.45, 7) is 0.729. The van der Waals surface area contributed by atoms with E-state index in [-0.39, 0.29) is 17.3 Å². The molecule has 7 nitrogen and oxygen atoms in total. The largest absolute Gasteiger partial charge is 0.482 e. The number of benzene rings is 1. The van der Waals surface area contributed by atoms with Crippen molar-refractivity contribution < 1.29 is 28.2 Å². The molecule has 1 unspecified atom stereocenters. The van der Waals surface area contributed by atoms with Gasteiger partial charge in [0.2, 0.25) is 10.0 Å². The summed E-state index contributed by atoms with van der Waals surface area (Å²) in [5, 5.41) is 17.2. The third kappa shape index (κ3) is 4.86. The van der Waals surface area contributed by atoms with Gasteiger partial charge in [-0.05, 0) is 31.2 Å². The van der Waals surface area contributed by atoms with Crippen LogP contribution < -0.4 is 9.46 Å². The summed E-state index contributed by atoms with van der Waals surface area (Å²) >= 11 is 0. The van der Waals surface area contributed by atoms with E-state index in [1.165, 1.54) is 31.2 Å². The number of carbonyl (C=O) groups is 1. The summed E-state index contributed by atoms with van der Waals surface area (Å²) in [5.41, 5.74) is 0. The van der Waals surface area contributed by atoms with Crippen molar-refractivity contribution in [3.8, 4) is 5.75 Å². The zero-order chi connectivity index (χ0) is 14.5. The predicted molar refractivity (Wildman–Crippen MR) is 66.4 cm³/mol. The van der Waals surface area contributed by atoms with Crippen LogP contribution in [-0.4, -0.2) is 43.9 Å². The van der Waals surface area contributed by atoms with Gasteiger partial charge in [0.15, 0.2) is 6.61 Å². The Labute approximate surface area is 110 Å². The summed E-state index contributed by atoms with van der Waals surface area (Å²) < 4.78 is 30.8. The van der Waals surface area contributed by atoms with Crippen LogP contribution in [0.3, 0.4) is 0 Å². The molecule has 1 aromatic rings. The predicted octanol–water partition coefficient (Wildman–Crippen LogP) is -0.191. The van der Waals surface area contributed by atoms with Gasteiger partial charge in [-0.2, -0.15) is 0 Å². The second-order valence-electron chi connectivity index (χ2n) is 3.86.